The largest absolute Gasteiger partial charge is 0.354 e. The predicted octanol–water partition coefficient (Wildman–Crippen LogP) is 0.957. The number of anilines is 3. The van der Waals surface area contributed by atoms with E-state index in [4.69, 9.17) is 0 Å². The van der Waals surface area contributed by atoms with Crippen molar-refractivity contribution in [1.29, 1.82) is 0 Å². The Bertz CT molecular complexity index is 640. The van der Waals surface area contributed by atoms with Crippen LogP contribution in [-0.2, 0) is 0 Å². The van der Waals surface area contributed by atoms with Gasteiger partial charge in [0.05, 0.1) is 0 Å². The minimum absolute atomic E-state index is 0.699. The monoisotopic (exact) mass is 342 g/mol. The minimum atomic E-state index is 0.699. The number of nitrogens with zero attached hydrogens (tertiary/aromatic N) is 7. The summed E-state index contributed by atoms with van der Waals surface area (Å²) >= 11 is 0. The molecule has 0 radical (unpaired) electrons. The molecule has 1 aliphatic heterocycles. The number of rotatable bonds is 7. The Kier molecular flexibility index (Phi) is 5.95. The molecule has 1 aliphatic rings. The van der Waals surface area contributed by atoms with Crippen LogP contribution in [0.2, 0.25) is 0 Å². The summed E-state index contributed by atoms with van der Waals surface area (Å²) < 4.78 is 0. The van der Waals surface area contributed by atoms with Crippen LogP contribution in [0, 0.1) is 0 Å². The van der Waals surface area contributed by atoms with Crippen molar-refractivity contribution in [2.24, 2.45) is 0 Å². The van der Waals surface area contributed by atoms with E-state index in [0.717, 1.165) is 57.5 Å². The van der Waals surface area contributed by atoms with E-state index >= 15 is 0 Å². The van der Waals surface area contributed by atoms with Crippen molar-refractivity contribution < 1.29 is 0 Å². The molecule has 0 amide bonds. The van der Waals surface area contributed by atoms with Crippen LogP contribution in [-0.4, -0.2) is 78.2 Å². The van der Waals surface area contributed by atoms with E-state index in [2.05, 4.69) is 54.0 Å². The fraction of sp³-hybridized carbons (Fsp3) is 0.529. The molecule has 0 spiro atoms. The van der Waals surface area contributed by atoms with Crippen LogP contribution in [0.15, 0.2) is 30.7 Å². The van der Waals surface area contributed by atoms with E-state index in [1.165, 1.54) is 0 Å². The number of hydrogen-bond acceptors (Lipinski definition) is 8. The van der Waals surface area contributed by atoms with Crippen molar-refractivity contribution in [2.45, 2.75) is 6.42 Å². The highest BCUT2D eigenvalue weighted by atomic mass is 15.3. The Morgan fingerprint density at radius 3 is 2.44 bits per heavy atom. The van der Waals surface area contributed by atoms with Crippen LogP contribution in [0.3, 0.4) is 0 Å². The first-order valence-electron chi connectivity index (χ1n) is 8.71. The van der Waals surface area contributed by atoms with E-state index in [0.29, 0.717) is 5.95 Å². The molecule has 0 aliphatic carbocycles. The summed E-state index contributed by atoms with van der Waals surface area (Å²) in [6, 6.07) is 3.81. The molecule has 3 heterocycles. The van der Waals surface area contributed by atoms with Gasteiger partial charge in [-0.1, -0.05) is 0 Å². The second kappa shape index (κ2) is 8.57. The lowest BCUT2D eigenvalue weighted by Gasteiger charge is -2.35. The van der Waals surface area contributed by atoms with Gasteiger partial charge in [0.25, 0.3) is 0 Å². The van der Waals surface area contributed by atoms with Gasteiger partial charge in [0.2, 0.25) is 11.9 Å². The molecule has 0 bridgehead atoms. The normalized spacial score (nSPS) is 14.8. The number of piperazine rings is 1. The quantitative estimate of drug-likeness (QED) is 0.746. The Balaban J connectivity index is 1.52. The summed E-state index contributed by atoms with van der Waals surface area (Å²) in [7, 11) is 4.16. The average molecular weight is 342 g/mol. The summed E-state index contributed by atoms with van der Waals surface area (Å²) in [5.41, 5.74) is 0. The first kappa shape index (κ1) is 17.3. The Morgan fingerprint density at radius 2 is 1.72 bits per heavy atom. The first-order chi connectivity index (χ1) is 12.2. The molecule has 134 valence electrons. The Morgan fingerprint density at radius 1 is 1.00 bits per heavy atom. The number of hydrogen-bond donors (Lipinski definition) is 1. The van der Waals surface area contributed by atoms with Crippen molar-refractivity contribution in [3.63, 3.8) is 0 Å². The van der Waals surface area contributed by atoms with Gasteiger partial charge in [-0.05, 0) is 39.2 Å². The van der Waals surface area contributed by atoms with Crippen LogP contribution < -0.4 is 15.1 Å². The maximum atomic E-state index is 4.65. The van der Waals surface area contributed by atoms with Crippen LogP contribution in [0.5, 0.6) is 0 Å². The lowest BCUT2D eigenvalue weighted by atomic mass is 10.3. The lowest BCUT2D eigenvalue weighted by molar-refractivity contribution is 0.405. The molecule has 8 nitrogen and oxygen atoms in total. The summed E-state index contributed by atoms with van der Waals surface area (Å²) in [4.78, 5) is 24.3. The zero-order valence-electron chi connectivity index (χ0n) is 15.0. The summed E-state index contributed by atoms with van der Waals surface area (Å²) in [6.07, 6.45) is 6.46. The van der Waals surface area contributed by atoms with Crippen LogP contribution in [0.25, 0.3) is 0 Å². The molecule has 0 atom stereocenters. The van der Waals surface area contributed by atoms with Crippen molar-refractivity contribution in [3.05, 3.63) is 30.7 Å². The molecule has 1 saturated heterocycles. The first-order valence-corrected chi connectivity index (χ1v) is 8.71. The highest BCUT2D eigenvalue weighted by molar-refractivity contribution is 5.45. The molecule has 25 heavy (non-hydrogen) atoms. The average Bonchev–Trinajstić information content (AvgIpc) is 2.66. The van der Waals surface area contributed by atoms with Crippen molar-refractivity contribution >= 4 is 17.7 Å². The van der Waals surface area contributed by atoms with Gasteiger partial charge in [-0.2, -0.15) is 4.98 Å². The maximum Gasteiger partial charge on any atom is 0.225 e. The van der Waals surface area contributed by atoms with E-state index in [9.17, 15) is 0 Å². The van der Waals surface area contributed by atoms with E-state index in [-0.39, 0.29) is 0 Å². The van der Waals surface area contributed by atoms with Crippen molar-refractivity contribution in [1.82, 2.24) is 24.8 Å². The molecule has 1 fully saturated rings. The summed E-state index contributed by atoms with van der Waals surface area (Å²) in [6.45, 7) is 5.50. The molecular weight excluding hydrogens is 316 g/mol. The summed E-state index contributed by atoms with van der Waals surface area (Å²) in [5, 5.41) is 3.31. The molecule has 0 aromatic carbocycles. The predicted molar refractivity (Wildman–Crippen MR) is 100 cm³/mol. The third kappa shape index (κ3) is 4.99. The third-order valence-electron chi connectivity index (χ3n) is 4.14. The van der Waals surface area contributed by atoms with Gasteiger partial charge in [-0.15, -0.1) is 0 Å². The lowest BCUT2D eigenvalue weighted by Crippen LogP contribution is -2.47. The molecule has 2 aromatic heterocycles. The molecular formula is C17H26N8. The summed E-state index contributed by atoms with van der Waals surface area (Å²) in [5.74, 6) is 2.47. The van der Waals surface area contributed by atoms with Gasteiger partial charge in [-0.25, -0.2) is 15.0 Å². The topological polar surface area (TPSA) is 73.3 Å². The van der Waals surface area contributed by atoms with Gasteiger partial charge in [-0.3, -0.25) is 0 Å². The fourth-order valence-electron chi connectivity index (χ4n) is 2.80. The molecule has 1 N–H and O–H groups in total. The molecule has 0 unspecified atom stereocenters. The van der Waals surface area contributed by atoms with Crippen molar-refractivity contribution in [3.8, 4) is 0 Å². The van der Waals surface area contributed by atoms with Gasteiger partial charge in [0.1, 0.15) is 5.82 Å². The standard InChI is InChI=1S/C17H26N8/c1-23(2)10-4-8-18-16-19-9-5-15(22-16)24-11-13-25(14-12-24)17-20-6-3-7-21-17/h3,5-7,9H,4,8,10-14H2,1-2H3,(H,18,19,22). The molecule has 0 saturated carbocycles. The molecule has 8 heteroatoms. The zero-order chi connectivity index (χ0) is 17.5. The highest BCUT2D eigenvalue weighted by Gasteiger charge is 2.20. The van der Waals surface area contributed by atoms with Gasteiger partial charge in [0.15, 0.2) is 0 Å². The Labute approximate surface area is 148 Å². The molecule has 3 rings (SSSR count). The SMILES string of the molecule is CN(C)CCCNc1nccc(N2CCN(c3ncccn3)CC2)n1. The fourth-order valence-corrected chi connectivity index (χ4v) is 2.80. The number of aromatic nitrogens is 4. The van der Waals surface area contributed by atoms with Crippen LogP contribution in [0.4, 0.5) is 17.7 Å². The van der Waals surface area contributed by atoms with Crippen LogP contribution >= 0.6 is 0 Å². The van der Waals surface area contributed by atoms with Gasteiger partial charge >= 0.3 is 0 Å². The van der Waals surface area contributed by atoms with Gasteiger partial charge in [0, 0.05) is 51.3 Å². The van der Waals surface area contributed by atoms with E-state index < -0.39 is 0 Å². The second-order valence-corrected chi connectivity index (χ2v) is 6.34. The van der Waals surface area contributed by atoms with Gasteiger partial charge < -0.3 is 20.0 Å². The Hall–Kier alpha value is -2.48. The zero-order valence-corrected chi connectivity index (χ0v) is 15.0. The number of nitrogens with one attached hydrogen (secondary N) is 1. The van der Waals surface area contributed by atoms with Crippen molar-refractivity contribution in [2.75, 3.05) is 68.5 Å². The second-order valence-electron chi connectivity index (χ2n) is 6.34. The third-order valence-corrected chi connectivity index (χ3v) is 4.14. The maximum absolute atomic E-state index is 4.65. The van der Waals surface area contributed by atoms with E-state index in [1.807, 2.05) is 18.3 Å². The minimum Gasteiger partial charge on any atom is -0.354 e. The smallest absolute Gasteiger partial charge is 0.225 e. The van der Waals surface area contributed by atoms with E-state index in [1.54, 1.807) is 12.4 Å². The van der Waals surface area contributed by atoms with Crippen LogP contribution in [0.1, 0.15) is 6.42 Å². The highest BCUT2D eigenvalue weighted by Crippen LogP contribution is 2.16. The molecule has 2 aromatic rings.